The zero-order valence-electron chi connectivity index (χ0n) is 9.67. The number of benzene rings is 1. The third-order valence-corrected chi connectivity index (χ3v) is 4.17. The molecule has 3 rings (SSSR count). The van der Waals surface area contributed by atoms with Crippen molar-refractivity contribution in [3.8, 4) is 0 Å². The number of nitro groups is 1. The normalized spacial score (nSPS) is 16.5. The molecular formula is C12H12BrN3O2. The molecule has 0 amide bonds. The van der Waals surface area contributed by atoms with Crippen LogP contribution in [0.4, 0.5) is 5.69 Å². The van der Waals surface area contributed by atoms with E-state index in [-0.39, 0.29) is 10.6 Å². The highest BCUT2D eigenvalue weighted by atomic mass is 79.9. The van der Waals surface area contributed by atoms with Gasteiger partial charge in [-0.25, -0.2) is 0 Å². The Morgan fingerprint density at radius 1 is 1.39 bits per heavy atom. The Morgan fingerprint density at radius 2 is 2.11 bits per heavy atom. The first kappa shape index (κ1) is 11.6. The maximum Gasteiger partial charge on any atom is 0.284 e. The molecule has 18 heavy (non-hydrogen) atoms. The van der Waals surface area contributed by atoms with Crippen LogP contribution in [0.3, 0.4) is 0 Å². The van der Waals surface area contributed by atoms with Crippen LogP contribution in [0.15, 0.2) is 22.8 Å². The van der Waals surface area contributed by atoms with Crippen molar-refractivity contribution >= 4 is 32.5 Å². The number of hydrogen-bond acceptors (Lipinski definition) is 3. The molecule has 1 aliphatic rings. The Kier molecular flexibility index (Phi) is 2.81. The smallest absolute Gasteiger partial charge is 0.262 e. The summed E-state index contributed by atoms with van der Waals surface area (Å²) in [6.07, 6.45) is 6.48. The predicted molar refractivity (Wildman–Crippen MR) is 71.6 cm³/mol. The third kappa shape index (κ3) is 1.80. The molecule has 5 nitrogen and oxygen atoms in total. The van der Waals surface area contributed by atoms with Gasteiger partial charge in [-0.15, -0.1) is 0 Å². The molecule has 0 N–H and O–H groups in total. The first-order valence-electron chi connectivity index (χ1n) is 5.98. The van der Waals surface area contributed by atoms with Crippen LogP contribution < -0.4 is 0 Å². The van der Waals surface area contributed by atoms with Gasteiger partial charge in [-0.3, -0.25) is 14.8 Å². The van der Waals surface area contributed by atoms with Crippen LogP contribution >= 0.6 is 15.9 Å². The van der Waals surface area contributed by atoms with Crippen molar-refractivity contribution in [2.75, 3.05) is 0 Å². The lowest BCUT2D eigenvalue weighted by molar-refractivity contribution is -0.385. The SMILES string of the molecule is O=[N+]([O-])c1cc2cnn(C3CCCC3)c2cc1Br. The molecule has 0 atom stereocenters. The second-order valence-electron chi connectivity index (χ2n) is 4.65. The molecule has 0 bridgehead atoms. The van der Waals surface area contributed by atoms with E-state index < -0.39 is 0 Å². The predicted octanol–water partition coefficient (Wildman–Crippen LogP) is 3.82. The fraction of sp³-hybridized carbons (Fsp3) is 0.417. The van der Waals surface area contributed by atoms with Gasteiger partial charge in [0.1, 0.15) is 0 Å². The third-order valence-electron chi connectivity index (χ3n) is 3.53. The van der Waals surface area contributed by atoms with E-state index in [1.807, 2.05) is 4.68 Å². The van der Waals surface area contributed by atoms with E-state index in [2.05, 4.69) is 21.0 Å². The second-order valence-corrected chi connectivity index (χ2v) is 5.50. The average molecular weight is 310 g/mol. The van der Waals surface area contributed by atoms with Gasteiger partial charge in [0.25, 0.3) is 5.69 Å². The quantitative estimate of drug-likeness (QED) is 0.626. The van der Waals surface area contributed by atoms with Crippen LogP contribution in [0.1, 0.15) is 31.7 Å². The molecular weight excluding hydrogens is 298 g/mol. The van der Waals surface area contributed by atoms with Gasteiger partial charge in [-0.05, 0) is 34.8 Å². The molecule has 1 aromatic carbocycles. The number of aromatic nitrogens is 2. The second kappa shape index (κ2) is 4.35. The molecule has 2 aromatic rings. The van der Waals surface area contributed by atoms with Gasteiger partial charge >= 0.3 is 0 Å². The molecule has 94 valence electrons. The highest BCUT2D eigenvalue weighted by molar-refractivity contribution is 9.10. The van der Waals surface area contributed by atoms with Gasteiger partial charge in [0, 0.05) is 11.5 Å². The Bertz CT molecular complexity index is 617. The summed E-state index contributed by atoms with van der Waals surface area (Å²) in [6, 6.07) is 3.83. The van der Waals surface area contributed by atoms with Gasteiger partial charge < -0.3 is 0 Å². The summed E-state index contributed by atoms with van der Waals surface area (Å²) in [6.45, 7) is 0. The summed E-state index contributed by atoms with van der Waals surface area (Å²) in [5.74, 6) is 0. The summed E-state index contributed by atoms with van der Waals surface area (Å²) in [7, 11) is 0. The molecule has 0 radical (unpaired) electrons. The Morgan fingerprint density at radius 3 is 2.78 bits per heavy atom. The first-order valence-corrected chi connectivity index (χ1v) is 6.77. The summed E-state index contributed by atoms with van der Waals surface area (Å²) in [5, 5.41) is 16.1. The van der Waals surface area contributed by atoms with Crippen LogP contribution in [0.5, 0.6) is 0 Å². The van der Waals surface area contributed by atoms with Crippen molar-refractivity contribution in [1.29, 1.82) is 0 Å². The molecule has 0 aliphatic heterocycles. The zero-order chi connectivity index (χ0) is 12.7. The summed E-state index contributed by atoms with van der Waals surface area (Å²) >= 11 is 3.26. The minimum atomic E-state index is -0.379. The molecule has 1 aromatic heterocycles. The highest BCUT2D eigenvalue weighted by Gasteiger charge is 2.21. The molecule has 1 aliphatic carbocycles. The van der Waals surface area contributed by atoms with Crippen molar-refractivity contribution in [3.63, 3.8) is 0 Å². The number of hydrogen-bond donors (Lipinski definition) is 0. The van der Waals surface area contributed by atoms with Crippen LogP contribution in [0.2, 0.25) is 0 Å². The van der Waals surface area contributed by atoms with E-state index in [9.17, 15) is 10.1 Å². The topological polar surface area (TPSA) is 61.0 Å². The summed E-state index contributed by atoms with van der Waals surface area (Å²) in [5.41, 5.74) is 1.06. The van der Waals surface area contributed by atoms with Crippen LogP contribution in [-0.4, -0.2) is 14.7 Å². The summed E-state index contributed by atoms with van der Waals surface area (Å²) in [4.78, 5) is 10.5. The van der Waals surface area contributed by atoms with E-state index in [4.69, 9.17) is 0 Å². The standard InChI is InChI=1S/C12H12BrN3O2/c13-10-6-11-8(5-12(10)16(17)18)7-14-15(11)9-3-1-2-4-9/h5-7,9H,1-4H2. The van der Waals surface area contributed by atoms with Gasteiger partial charge in [-0.1, -0.05) is 12.8 Å². The Labute approximate surface area is 112 Å². The fourth-order valence-corrected chi connectivity index (χ4v) is 3.11. The lowest BCUT2D eigenvalue weighted by Crippen LogP contribution is -2.05. The Hall–Kier alpha value is -1.43. The molecule has 6 heteroatoms. The number of nitro benzene ring substituents is 1. The lowest BCUT2D eigenvalue weighted by atomic mass is 10.2. The molecule has 1 heterocycles. The maximum atomic E-state index is 10.9. The fourth-order valence-electron chi connectivity index (χ4n) is 2.64. The number of fused-ring (bicyclic) bond motifs is 1. The Balaban J connectivity index is 2.14. The number of halogens is 1. The van der Waals surface area contributed by atoms with Crippen molar-refractivity contribution in [1.82, 2.24) is 9.78 Å². The van der Waals surface area contributed by atoms with Crippen molar-refractivity contribution in [2.45, 2.75) is 31.7 Å². The zero-order valence-corrected chi connectivity index (χ0v) is 11.3. The molecule has 0 spiro atoms. The largest absolute Gasteiger partial charge is 0.284 e. The minimum Gasteiger partial charge on any atom is -0.262 e. The van der Waals surface area contributed by atoms with Crippen LogP contribution in [0, 0.1) is 10.1 Å². The summed E-state index contributed by atoms with van der Waals surface area (Å²) < 4.78 is 2.52. The van der Waals surface area contributed by atoms with E-state index in [1.54, 1.807) is 18.3 Å². The number of nitrogens with zero attached hydrogens (tertiary/aromatic N) is 3. The maximum absolute atomic E-state index is 10.9. The molecule has 1 fully saturated rings. The van der Waals surface area contributed by atoms with Crippen molar-refractivity contribution in [2.24, 2.45) is 0 Å². The van der Waals surface area contributed by atoms with Crippen LogP contribution in [-0.2, 0) is 0 Å². The molecule has 0 saturated heterocycles. The van der Waals surface area contributed by atoms with E-state index in [1.165, 1.54) is 12.8 Å². The van der Waals surface area contributed by atoms with Gasteiger partial charge in [-0.2, -0.15) is 5.10 Å². The molecule has 1 saturated carbocycles. The number of rotatable bonds is 2. The van der Waals surface area contributed by atoms with E-state index >= 15 is 0 Å². The monoisotopic (exact) mass is 309 g/mol. The van der Waals surface area contributed by atoms with Gasteiger partial charge in [0.15, 0.2) is 0 Å². The van der Waals surface area contributed by atoms with Gasteiger partial charge in [0.05, 0.1) is 27.2 Å². The van der Waals surface area contributed by atoms with Crippen molar-refractivity contribution in [3.05, 3.63) is 32.9 Å². The first-order chi connectivity index (χ1) is 8.66. The van der Waals surface area contributed by atoms with Gasteiger partial charge in [0.2, 0.25) is 0 Å². The average Bonchev–Trinajstić information content (AvgIpc) is 2.94. The van der Waals surface area contributed by atoms with Crippen LogP contribution in [0.25, 0.3) is 10.9 Å². The lowest BCUT2D eigenvalue weighted by Gasteiger charge is -2.11. The highest BCUT2D eigenvalue weighted by Crippen LogP contribution is 2.35. The minimum absolute atomic E-state index is 0.0912. The molecule has 0 unspecified atom stereocenters. The van der Waals surface area contributed by atoms with Crippen molar-refractivity contribution < 1.29 is 4.92 Å². The van der Waals surface area contributed by atoms with E-state index in [0.717, 1.165) is 23.7 Å². The van der Waals surface area contributed by atoms with E-state index in [0.29, 0.717) is 10.5 Å².